The zero-order chi connectivity index (χ0) is 9.84. The molecule has 3 atom stereocenters. The molecular formula is C11H21NO. The van der Waals surface area contributed by atoms with Crippen LogP contribution in [0.2, 0.25) is 0 Å². The zero-order valence-electron chi connectivity index (χ0n) is 8.74. The van der Waals surface area contributed by atoms with Crippen LogP contribution in [-0.4, -0.2) is 34.7 Å². The van der Waals surface area contributed by atoms with Gasteiger partial charge in [-0.25, -0.2) is 0 Å². The highest BCUT2D eigenvalue weighted by molar-refractivity contribution is 4.91. The first kappa shape index (κ1) is 10.7. The quantitative estimate of drug-likeness (QED) is 0.672. The second-order valence-electron chi connectivity index (χ2n) is 4.09. The lowest BCUT2D eigenvalue weighted by Crippen LogP contribution is -2.37. The zero-order valence-corrected chi connectivity index (χ0v) is 8.74. The third kappa shape index (κ3) is 2.82. The summed E-state index contributed by atoms with van der Waals surface area (Å²) < 4.78 is 0. The van der Waals surface area contributed by atoms with Crippen LogP contribution in [0.1, 0.15) is 33.1 Å². The van der Waals surface area contributed by atoms with Crippen LogP contribution in [0.3, 0.4) is 0 Å². The molecule has 2 heteroatoms. The Bertz CT molecular complexity index is 167. The minimum absolute atomic E-state index is 0.178. The maximum atomic E-state index is 9.33. The molecule has 1 heterocycles. The Hall–Kier alpha value is -0.340. The number of aliphatic hydroxyl groups is 1. The standard InChI is InChI=1S/C11H21NO/c1-4-9(2)12-7-5-6-11(12)8-10(3)13/h4,9-11,13H,1,5-8H2,2-3H3. The van der Waals surface area contributed by atoms with Gasteiger partial charge in [-0.2, -0.15) is 0 Å². The van der Waals surface area contributed by atoms with E-state index in [0.717, 1.165) is 13.0 Å². The Morgan fingerprint density at radius 3 is 2.85 bits per heavy atom. The largest absolute Gasteiger partial charge is 0.393 e. The number of likely N-dealkylation sites (tertiary alicyclic amines) is 1. The molecule has 0 saturated carbocycles. The van der Waals surface area contributed by atoms with Gasteiger partial charge in [0.15, 0.2) is 0 Å². The first-order valence-electron chi connectivity index (χ1n) is 5.21. The highest BCUT2D eigenvalue weighted by atomic mass is 16.3. The van der Waals surface area contributed by atoms with Crippen molar-refractivity contribution in [2.24, 2.45) is 0 Å². The van der Waals surface area contributed by atoms with Crippen LogP contribution < -0.4 is 0 Å². The smallest absolute Gasteiger partial charge is 0.0527 e. The molecular weight excluding hydrogens is 162 g/mol. The topological polar surface area (TPSA) is 23.5 Å². The molecule has 13 heavy (non-hydrogen) atoms. The van der Waals surface area contributed by atoms with Crippen LogP contribution in [-0.2, 0) is 0 Å². The fourth-order valence-corrected chi connectivity index (χ4v) is 2.18. The monoisotopic (exact) mass is 183 g/mol. The molecule has 0 spiro atoms. The second kappa shape index (κ2) is 4.77. The Balaban J connectivity index is 2.48. The summed E-state index contributed by atoms with van der Waals surface area (Å²) in [6, 6.07) is 1.01. The maximum Gasteiger partial charge on any atom is 0.0527 e. The molecule has 0 radical (unpaired) electrons. The van der Waals surface area contributed by atoms with Crippen molar-refractivity contribution in [2.45, 2.75) is 51.3 Å². The first-order chi connectivity index (χ1) is 6.15. The van der Waals surface area contributed by atoms with Gasteiger partial charge in [0.2, 0.25) is 0 Å². The average molecular weight is 183 g/mol. The summed E-state index contributed by atoms with van der Waals surface area (Å²) in [5.41, 5.74) is 0. The predicted octanol–water partition coefficient (Wildman–Crippen LogP) is 1.80. The van der Waals surface area contributed by atoms with E-state index >= 15 is 0 Å². The van der Waals surface area contributed by atoms with E-state index in [2.05, 4.69) is 18.4 Å². The summed E-state index contributed by atoms with van der Waals surface area (Å²) >= 11 is 0. The van der Waals surface area contributed by atoms with Gasteiger partial charge < -0.3 is 5.11 Å². The van der Waals surface area contributed by atoms with Gasteiger partial charge in [0.25, 0.3) is 0 Å². The van der Waals surface area contributed by atoms with Crippen molar-refractivity contribution < 1.29 is 5.11 Å². The minimum atomic E-state index is -0.178. The number of rotatable bonds is 4. The molecule has 1 rings (SSSR count). The van der Waals surface area contributed by atoms with Gasteiger partial charge in [0.05, 0.1) is 6.10 Å². The average Bonchev–Trinajstić information content (AvgIpc) is 2.50. The van der Waals surface area contributed by atoms with Gasteiger partial charge in [-0.3, -0.25) is 4.90 Å². The lowest BCUT2D eigenvalue weighted by atomic mass is 10.1. The SMILES string of the molecule is C=CC(C)N1CCCC1CC(C)O. The van der Waals surface area contributed by atoms with Gasteiger partial charge >= 0.3 is 0 Å². The van der Waals surface area contributed by atoms with E-state index in [1.807, 2.05) is 13.0 Å². The van der Waals surface area contributed by atoms with Gasteiger partial charge in [-0.05, 0) is 39.7 Å². The molecule has 1 aliphatic rings. The third-order valence-corrected chi connectivity index (χ3v) is 2.90. The lowest BCUT2D eigenvalue weighted by Gasteiger charge is -2.29. The molecule has 76 valence electrons. The van der Waals surface area contributed by atoms with Crippen LogP contribution in [0, 0.1) is 0 Å². The highest BCUT2D eigenvalue weighted by Crippen LogP contribution is 2.23. The van der Waals surface area contributed by atoms with Gasteiger partial charge in [-0.1, -0.05) is 6.08 Å². The minimum Gasteiger partial charge on any atom is -0.393 e. The van der Waals surface area contributed by atoms with Crippen molar-refractivity contribution in [2.75, 3.05) is 6.54 Å². The summed E-state index contributed by atoms with van der Waals surface area (Å²) in [6.45, 7) is 9.02. The molecule has 0 amide bonds. The van der Waals surface area contributed by atoms with E-state index in [1.54, 1.807) is 0 Å². The van der Waals surface area contributed by atoms with Crippen LogP contribution in [0.25, 0.3) is 0 Å². The molecule has 1 saturated heterocycles. The van der Waals surface area contributed by atoms with Gasteiger partial charge in [0.1, 0.15) is 0 Å². The Kier molecular flexibility index (Phi) is 3.94. The van der Waals surface area contributed by atoms with Crippen LogP contribution in [0.15, 0.2) is 12.7 Å². The van der Waals surface area contributed by atoms with Crippen molar-refractivity contribution >= 4 is 0 Å². The maximum absolute atomic E-state index is 9.33. The fraction of sp³-hybridized carbons (Fsp3) is 0.818. The summed E-state index contributed by atoms with van der Waals surface area (Å²) in [5.74, 6) is 0. The second-order valence-corrected chi connectivity index (χ2v) is 4.09. The van der Waals surface area contributed by atoms with Crippen molar-refractivity contribution in [3.63, 3.8) is 0 Å². The lowest BCUT2D eigenvalue weighted by molar-refractivity contribution is 0.125. The van der Waals surface area contributed by atoms with Crippen molar-refractivity contribution in [1.29, 1.82) is 0 Å². The number of hydrogen-bond donors (Lipinski definition) is 1. The van der Waals surface area contributed by atoms with E-state index in [4.69, 9.17) is 0 Å². The molecule has 2 nitrogen and oxygen atoms in total. The molecule has 0 aromatic heterocycles. The van der Waals surface area contributed by atoms with Crippen molar-refractivity contribution in [1.82, 2.24) is 4.90 Å². The van der Waals surface area contributed by atoms with E-state index in [1.165, 1.54) is 12.8 Å². The number of aliphatic hydroxyl groups excluding tert-OH is 1. The Morgan fingerprint density at radius 2 is 2.31 bits per heavy atom. The third-order valence-electron chi connectivity index (χ3n) is 2.90. The predicted molar refractivity (Wildman–Crippen MR) is 55.7 cm³/mol. The summed E-state index contributed by atoms with van der Waals surface area (Å²) in [5, 5.41) is 9.33. The fourth-order valence-electron chi connectivity index (χ4n) is 2.18. The highest BCUT2D eigenvalue weighted by Gasteiger charge is 2.27. The normalized spacial score (nSPS) is 28.7. The number of hydrogen-bond acceptors (Lipinski definition) is 2. The molecule has 1 aliphatic heterocycles. The number of nitrogens with zero attached hydrogens (tertiary/aromatic N) is 1. The van der Waals surface area contributed by atoms with Gasteiger partial charge in [0, 0.05) is 12.1 Å². The van der Waals surface area contributed by atoms with Crippen LogP contribution >= 0.6 is 0 Å². The van der Waals surface area contributed by atoms with E-state index in [0.29, 0.717) is 12.1 Å². The van der Waals surface area contributed by atoms with Crippen molar-refractivity contribution in [3.05, 3.63) is 12.7 Å². The summed E-state index contributed by atoms with van der Waals surface area (Å²) in [7, 11) is 0. The van der Waals surface area contributed by atoms with Crippen LogP contribution in [0.4, 0.5) is 0 Å². The molecule has 1 N–H and O–H groups in total. The molecule has 0 bridgehead atoms. The summed E-state index contributed by atoms with van der Waals surface area (Å²) in [4.78, 5) is 2.44. The van der Waals surface area contributed by atoms with E-state index in [9.17, 15) is 5.11 Å². The van der Waals surface area contributed by atoms with Crippen LogP contribution in [0.5, 0.6) is 0 Å². The molecule has 1 fully saturated rings. The van der Waals surface area contributed by atoms with Gasteiger partial charge in [-0.15, -0.1) is 6.58 Å². The van der Waals surface area contributed by atoms with E-state index < -0.39 is 0 Å². The molecule has 0 aromatic carbocycles. The first-order valence-corrected chi connectivity index (χ1v) is 5.21. The Labute approximate surface area is 81.2 Å². The van der Waals surface area contributed by atoms with E-state index in [-0.39, 0.29) is 6.10 Å². The Morgan fingerprint density at radius 1 is 1.62 bits per heavy atom. The molecule has 0 aliphatic carbocycles. The molecule has 0 aromatic rings. The molecule has 3 unspecified atom stereocenters. The van der Waals surface area contributed by atoms with Crippen molar-refractivity contribution in [3.8, 4) is 0 Å². The summed E-state index contributed by atoms with van der Waals surface area (Å²) in [6.07, 6.45) is 5.19.